The van der Waals surface area contributed by atoms with Gasteiger partial charge in [-0.1, -0.05) is 24.3 Å². The van der Waals surface area contributed by atoms with E-state index >= 15 is 0 Å². The number of oxazole rings is 1. The second-order valence-electron chi connectivity index (χ2n) is 6.49. The van der Waals surface area contributed by atoms with Gasteiger partial charge in [-0.25, -0.2) is 4.98 Å². The van der Waals surface area contributed by atoms with Crippen molar-refractivity contribution in [2.75, 3.05) is 6.54 Å². The van der Waals surface area contributed by atoms with Crippen LogP contribution in [0.25, 0.3) is 22.0 Å². The highest BCUT2D eigenvalue weighted by Gasteiger charge is 2.07. The van der Waals surface area contributed by atoms with Crippen molar-refractivity contribution in [2.24, 2.45) is 0 Å². The van der Waals surface area contributed by atoms with E-state index in [-0.39, 0.29) is 5.91 Å². The van der Waals surface area contributed by atoms with Gasteiger partial charge in [-0.15, -0.1) is 0 Å². The fourth-order valence-corrected chi connectivity index (χ4v) is 3.27. The van der Waals surface area contributed by atoms with E-state index in [1.54, 1.807) is 0 Å². The SMILES string of the molecule is Cc1nc2cc(CCC(=O)NCCc3c[nH]c4ccccc34)ccc2o1. The maximum absolute atomic E-state index is 12.1. The number of H-pyrrole nitrogens is 1. The lowest BCUT2D eigenvalue weighted by Gasteiger charge is -2.05. The lowest BCUT2D eigenvalue weighted by atomic mass is 10.1. The maximum atomic E-state index is 12.1. The van der Waals surface area contributed by atoms with Gasteiger partial charge < -0.3 is 14.7 Å². The molecule has 5 nitrogen and oxygen atoms in total. The first-order chi connectivity index (χ1) is 12.7. The third-order valence-electron chi connectivity index (χ3n) is 4.59. The molecule has 5 heteroatoms. The Morgan fingerprint density at radius 1 is 1.19 bits per heavy atom. The number of aromatic amines is 1. The predicted molar refractivity (Wildman–Crippen MR) is 102 cm³/mol. The second kappa shape index (κ2) is 7.04. The number of nitrogens with zero attached hydrogens (tertiary/aromatic N) is 1. The lowest BCUT2D eigenvalue weighted by Crippen LogP contribution is -2.25. The number of fused-ring (bicyclic) bond motifs is 2. The number of hydrogen-bond donors (Lipinski definition) is 2. The van der Waals surface area contributed by atoms with E-state index in [1.807, 2.05) is 43.5 Å². The first-order valence-corrected chi connectivity index (χ1v) is 8.87. The van der Waals surface area contributed by atoms with Crippen LogP contribution in [0.2, 0.25) is 0 Å². The summed E-state index contributed by atoms with van der Waals surface area (Å²) < 4.78 is 5.47. The van der Waals surface area contributed by atoms with E-state index in [2.05, 4.69) is 27.4 Å². The number of nitrogens with one attached hydrogen (secondary N) is 2. The molecule has 2 heterocycles. The molecule has 0 unspecified atom stereocenters. The molecule has 4 rings (SSSR count). The summed E-state index contributed by atoms with van der Waals surface area (Å²) in [6.07, 6.45) is 4.00. The average molecular weight is 347 g/mol. The van der Waals surface area contributed by atoms with E-state index in [4.69, 9.17) is 4.42 Å². The maximum Gasteiger partial charge on any atom is 0.220 e. The van der Waals surface area contributed by atoms with Gasteiger partial charge in [0.1, 0.15) is 5.52 Å². The molecule has 0 fully saturated rings. The van der Waals surface area contributed by atoms with E-state index in [1.165, 1.54) is 10.9 Å². The number of carbonyl (C=O) groups excluding carboxylic acids is 1. The summed E-state index contributed by atoms with van der Waals surface area (Å²) in [6, 6.07) is 14.1. The van der Waals surface area contributed by atoms with Crippen LogP contribution in [0.3, 0.4) is 0 Å². The molecule has 0 saturated heterocycles. The molecule has 0 aliphatic heterocycles. The van der Waals surface area contributed by atoms with Gasteiger partial charge in [-0.3, -0.25) is 4.79 Å². The van der Waals surface area contributed by atoms with Crippen LogP contribution in [-0.2, 0) is 17.6 Å². The Bertz CT molecular complexity index is 1060. The van der Waals surface area contributed by atoms with Gasteiger partial charge in [-0.05, 0) is 42.2 Å². The lowest BCUT2D eigenvalue weighted by molar-refractivity contribution is -0.121. The number of carbonyl (C=O) groups is 1. The van der Waals surface area contributed by atoms with Gasteiger partial charge in [0.15, 0.2) is 11.5 Å². The quantitative estimate of drug-likeness (QED) is 0.555. The molecular formula is C21H21N3O2. The van der Waals surface area contributed by atoms with Crippen LogP contribution in [0.15, 0.2) is 53.1 Å². The molecule has 2 aromatic carbocycles. The van der Waals surface area contributed by atoms with Crippen molar-refractivity contribution >= 4 is 27.9 Å². The molecule has 26 heavy (non-hydrogen) atoms. The Morgan fingerprint density at radius 3 is 3.00 bits per heavy atom. The number of para-hydroxylation sites is 1. The Labute approximate surface area is 151 Å². The van der Waals surface area contributed by atoms with Crippen LogP contribution in [0.4, 0.5) is 0 Å². The molecule has 132 valence electrons. The number of amides is 1. The monoisotopic (exact) mass is 347 g/mol. The molecule has 1 amide bonds. The predicted octanol–water partition coefficient (Wildman–Crippen LogP) is 3.91. The van der Waals surface area contributed by atoms with Crippen LogP contribution in [0, 0.1) is 6.92 Å². The zero-order chi connectivity index (χ0) is 17.9. The molecule has 0 aliphatic carbocycles. The summed E-state index contributed by atoms with van der Waals surface area (Å²) in [5, 5.41) is 4.23. The number of rotatable bonds is 6. The molecule has 2 aromatic heterocycles. The van der Waals surface area contributed by atoms with Gasteiger partial charge in [-0.2, -0.15) is 0 Å². The smallest absolute Gasteiger partial charge is 0.220 e. The van der Waals surface area contributed by atoms with Crippen LogP contribution in [0.1, 0.15) is 23.4 Å². The Morgan fingerprint density at radius 2 is 2.08 bits per heavy atom. The third-order valence-corrected chi connectivity index (χ3v) is 4.59. The fourth-order valence-electron chi connectivity index (χ4n) is 3.27. The first-order valence-electron chi connectivity index (χ1n) is 8.87. The van der Waals surface area contributed by atoms with Gasteiger partial charge in [0.25, 0.3) is 0 Å². The van der Waals surface area contributed by atoms with Crippen LogP contribution >= 0.6 is 0 Å². The summed E-state index contributed by atoms with van der Waals surface area (Å²) in [5.74, 6) is 0.730. The number of aromatic nitrogens is 2. The molecule has 4 aromatic rings. The van der Waals surface area contributed by atoms with Crippen molar-refractivity contribution in [1.29, 1.82) is 0 Å². The molecular weight excluding hydrogens is 326 g/mol. The molecule has 0 aliphatic rings. The standard InChI is InChI=1S/C21H21N3O2/c1-14-24-19-12-15(6-8-20(19)26-14)7-9-21(25)22-11-10-16-13-23-18-5-3-2-4-17(16)18/h2-6,8,12-13,23H,7,9-11H2,1H3,(H,22,25). The van der Waals surface area contributed by atoms with Gasteiger partial charge in [0, 0.05) is 37.0 Å². The number of aryl methyl sites for hydroxylation is 2. The molecule has 0 saturated carbocycles. The molecule has 0 atom stereocenters. The summed E-state index contributed by atoms with van der Waals surface area (Å²) in [4.78, 5) is 19.7. The van der Waals surface area contributed by atoms with Crippen molar-refractivity contribution in [3.63, 3.8) is 0 Å². The Balaban J connectivity index is 1.28. The minimum Gasteiger partial charge on any atom is -0.441 e. The van der Waals surface area contributed by atoms with Crippen molar-refractivity contribution in [1.82, 2.24) is 15.3 Å². The van der Waals surface area contributed by atoms with E-state index in [0.717, 1.165) is 28.6 Å². The first kappa shape index (κ1) is 16.4. The van der Waals surface area contributed by atoms with Crippen LogP contribution in [0.5, 0.6) is 0 Å². The summed E-state index contributed by atoms with van der Waals surface area (Å²) >= 11 is 0. The third kappa shape index (κ3) is 3.47. The van der Waals surface area contributed by atoms with E-state index in [0.29, 0.717) is 25.3 Å². The summed E-state index contributed by atoms with van der Waals surface area (Å²) in [7, 11) is 0. The largest absolute Gasteiger partial charge is 0.441 e. The minimum atomic E-state index is 0.0706. The highest BCUT2D eigenvalue weighted by Crippen LogP contribution is 2.18. The van der Waals surface area contributed by atoms with Gasteiger partial charge in [0.2, 0.25) is 5.91 Å². The van der Waals surface area contributed by atoms with E-state index in [9.17, 15) is 4.79 Å². The van der Waals surface area contributed by atoms with Gasteiger partial charge in [0.05, 0.1) is 0 Å². The molecule has 2 N–H and O–H groups in total. The Kier molecular flexibility index (Phi) is 4.44. The average Bonchev–Trinajstić information content (AvgIpc) is 3.22. The molecule has 0 radical (unpaired) electrons. The number of benzene rings is 2. The summed E-state index contributed by atoms with van der Waals surface area (Å²) in [6.45, 7) is 2.48. The molecule has 0 spiro atoms. The van der Waals surface area contributed by atoms with Crippen molar-refractivity contribution in [3.05, 3.63) is 65.7 Å². The highest BCUT2D eigenvalue weighted by molar-refractivity contribution is 5.83. The Hall–Kier alpha value is -3.08. The van der Waals surface area contributed by atoms with Crippen molar-refractivity contribution < 1.29 is 9.21 Å². The number of hydrogen-bond acceptors (Lipinski definition) is 3. The zero-order valence-electron chi connectivity index (χ0n) is 14.7. The highest BCUT2D eigenvalue weighted by atomic mass is 16.3. The van der Waals surface area contributed by atoms with Crippen LogP contribution in [-0.4, -0.2) is 22.4 Å². The van der Waals surface area contributed by atoms with Crippen LogP contribution < -0.4 is 5.32 Å². The van der Waals surface area contributed by atoms with E-state index < -0.39 is 0 Å². The zero-order valence-corrected chi connectivity index (χ0v) is 14.7. The normalized spacial score (nSPS) is 11.3. The van der Waals surface area contributed by atoms with Crippen molar-refractivity contribution in [2.45, 2.75) is 26.2 Å². The fraction of sp³-hybridized carbons (Fsp3) is 0.238. The topological polar surface area (TPSA) is 70.9 Å². The minimum absolute atomic E-state index is 0.0706. The summed E-state index contributed by atoms with van der Waals surface area (Å²) in [5.41, 5.74) is 5.09. The van der Waals surface area contributed by atoms with Gasteiger partial charge >= 0.3 is 0 Å². The molecule has 0 bridgehead atoms. The second-order valence-corrected chi connectivity index (χ2v) is 6.49. The van der Waals surface area contributed by atoms with Crippen molar-refractivity contribution in [3.8, 4) is 0 Å².